The Kier molecular flexibility index (Phi) is 5.40. The van der Waals surface area contributed by atoms with E-state index in [1.807, 2.05) is 20.9 Å². The zero-order valence-electron chi connectivity index (χ0n) is 11.6. The van der Waals surface area contributed by atoms with Crippen molar-refractivity contribution in [2.75, 3.05) is 33.8 Å². The highest BCUT2D eigenvalue weighted by atomic mass is 16.5. The van der Waals surface area contributed by atoms with E-state index in [4.69, 9.17) is 4.74 Å². The molecule has 1 fully saturated rings. The largest absolute Gasteiger partial charge is 0.369 e. The Morgan fingerprint density at radius 2 is 2.00 bits per heavy atom. The van der Waals surface area contributed by atoms with Crippen LogP contribution in [0.15, 0.2) is 0 Å². The van der Waals surface area contributed by atoms with Crippen molar-refractivity contribution >= 4 is 5.91 Å². The Morgan fingerprint density at radius 1 is 1.41 bits per heavy atom. The van der Waals surface area contributed by atoms with Crippen LogP contribution >= 0.6 is 0 Å². The minimum Gasteiger partial charge on any atom is -0.369 e. The molecule has 1 N–H and O–H groups in total. The molecule has 0 aromatic rings. The smallest absolute Gasteiger partial charge is 0.253 e. The van der Waals surface area contributed by atoms with Crippen LogP contribution in [0.3, 0.4) is 0 Å². The molecule has 0 saturated carbocycles. The van der Waals surface area contributed by atoms with Crippen molar-refractivity contribution in [3.63, 3.8) is 0 Å². The van der Waals surface area contributed by atoms with Crippen LogP contribution in [0.5, 0.6) is 0 Å². The van der Waals surface area contributed by atoms with Crippen molar-refractivity contribution in [1.82, 2.24) is 10.2 Å². The number of carbonyl (C=O) groups is 1. The van der Waals surface area contributed by atoms with Gasteiger partial charge in [-0.3, -0.25) is 4.79 Å². The summed E-state index contributed by atoms with van der Waals surface area (Å²) >= 11 is 0. The second kappa shape index (κ2) is 6.36. The predicted molar refractivity (Wildman–Crippen MR) is 68.9 cm³/mol. The van der Waals surface area contributed by atoms with E-state index in [0.717, 1.165) is 32.0 Å². The zero-order valence-corrected chi connectivity index (χ0v) is 11.6. The molecule has 1 amide bonds. The first kappa shape index (κ1) is 14.5. The van der Waals surface area contributed by atoms with Crippen molar-refractivity contribution in [3.8, 4) is 0 Å². The molecule has 1 rings (SSSR count). The van der Waals surface area contributed by atoms with Crippen molar-refractivity contribution in [1.29, 1.82) is 0 Å². The van der Waals surface area contributed by atoms with Gasteiger partial charge in [-0.1, -0.05) is 0 Å². The van der Waals surface area contributed by atoms with E-state index in [0.29, 0.717) is 0 Å². The molecule has 1 saturated heterocycles. The predicted octanol–water partition coefficient (Wildman–Crippen LogP) is 1.26. The van der Waals surface area contributed by atoms with Gasteiger partial charge in [-0.15, -0.1) is 0 Å². The normalized spacial score (nSPS) is 18.1. The minimum absolute atomic E-state index is 0.0638. The van der Waals surface area contributed by atoms with Gasteiger partial charge in [0.05, 0.1) is 0 Å². The van der Waals surface area contributed by atoms with Crippen LogP contribution in [-0.2, 0) is 9.53 Å². The van der Waals surface area contributed by atoms with E-state index in [-0.39, 0.29) is 5.91 Å². The summed E-state index contributed by atoms with van der Waals surface area (Å²) in [6, 6.07) is 0. The summed E-state index contributed by atoms with van der Waals surface area (Å²) < 4.78 is 5.21. The average Bonchev–Trinajstić information content (AvgIpc) is 2.36. The zero-order chi connectivity index (χ0) is 12.9. The number of nitrogens with one attached hydrogen (secondary N) is 1. The second-order valence-electron chi connectivity index (χ2n) is 5.42. The molecule has 0 aromatic heterocycles. The van der Waals surface area contributed by atoms with Crippen molar-refractivity contribution < 1.29 is 9.53 Å². The van der Waals surface area contributed by atoms with Gasteiger partial charge >= 0.3 is 0 Å². The van der Waals surface area contributed by atoms with Crippen LogP contribution < -0.4 is 5.32 Å². The lowest BCUT2D eigenvalue weighted by molar-refractivity contribution is -0.149. The average molecular weight is 242 g/mol. The molecule has 1 heterocycles. The molecule has 1 aliphatic heterocycles. The second-order valence-corrected chi connectivity index (χ2v) is 5.42. The Morgan fingerprint density at radius 3 is 2.53 bits per heavy atom. The van der Waals surface area contributed by atoms with E-state index in [1.54, 1.807) is 12.0 Å². The molecule has 0 spiro atoms. The lowest BCUT2D eigenvalue weighted by Crippen LogP contribution is -2.45. The van der Waals surface area contributed by atoms with Crippen LogP contribution in [0.4, 0.5) is 0 Å². The first-order valence-electron chi connectivity index (χ1n) is 6.49. The van der Waals surface area contributed by atoms with E-state index < -0.39 is 5.60 Å². The first-order valence-corrected chi connectivity index (χ1v) is 6.49. The molecule has 100 valence electrons. The van der Waals surface area contributed by atoms with Crippen molar-refractivity contribution in [2.45, 2.75) is 38.7 Å². The summed E-state index contributed by atoms with van der Waals surface area (Å²) in [6.07, 6.45) is 3.56. The number of ether oxygens (including phenoxy) is 1. The van der Waals surface area contributed by atoms with Crippen LogP contribution in [-0.4, -0.2) is 50.2 Å². The van der Waals surface area contributed by atoms with E-state index in [1.165, 1.54) is 12.8 Å². The number of carbonyl (C=O) groups excluding carboxylic acids is 1. The lowest BCUT2D eigenvalue weighted by atomic mass is 9.94. The van der Waals surface area contributed by atoms with E-state index in [9.17, 15) is 4.79 Å². The SMILES string of the molecule is COC(C)(C)C(=O)N(C)CCC1CCNCC1. The molecule has 0 bridgehead atoms. The Balaban J connectivity index is 2.33. The van der Waals surface area contributed by atoms with Gasteiger partial charge < -0.3 is 15.0 Å². The number of methoxy groups -OCH3 is 1. The fourth-order valence-electron chi connectivity index (χ4n) is 2.20. The quantitative estimate of drug-likeness (QED) is 0.789. The fourth-order valence-corrected chi connectivity index (χ4v) is 2.20. The Bertz CT molecular complexity index is 248. The van der Waals surface area contributed by atoms with Gasteiger partial charge in [0.2, 0.25) is 0 Å². The van der Waals surface area contributed by atoms with Gasteiger partial charge in [0.1, 0.15) is 5.60 Å². The third kappa shape index (κ3) is 4.28. The third-order valence-corrected chi connectivity index (χ3v) is 3.70. The monoisotopic (exact) mass is 242 g/mol. The van der Waals surface area contributed by atoms with Gasteiger partial charge in [0, 0.05) is 20.7 Å². The van der Waals surface area contributed by atoms with Gasteiger partial charge in [0.15, 0.2) is 0 Å². The number of rotatable bonds is 5. The number of amides is 1. The molecular weight excluding hydrogens is 216 g/mol. The van der Waals surface area contributed by atoms with Crippen LogP contribution in [0.1, 0.15) is 33.1 Å². The molecule has 4 heteroatoms. The summed E-state index contributed by atoms with van der Waals surface area (Å²) in [4.78, 5) is 13.9. The van der Waals surface area contributed by atoms with Crippen LogP contribution in [0.2, 0.25) is 0 Å². The molecule has 0 atom stereocenters. The molecule has 4 nitrogen and oxygen atoms in total. The molecule has 1 aliphatic rings. The number of likely N-dealkylation sites (N-methyl/N-ethyl adjacent to an activating group) is 1. The van der Waals surface area contributed by atoms with Gasteiger partial charge in [-0.2, -0.15) is 0 Å². The maximum atomic E-state index is 12.1. The summed E-state index contributed by atoms with van der Waals surface area (Å²) in [5.74, 6) is 0.825. The fraction of sp³-hybridized carbons (Fsp3) is 0.923. The highest BCUT2D eigenvalue weighted by molar-refractivity contribution is 5.84. The van der Waals surface area contributed by atoms with Gasteiger partial charge in [0.25, 0.3) is 5.91 Å². The molecule has 0 aliphatic carbocycles. The minimum atomic E-state index is -0.705. The van der Waals surface area contributed by atoms with E-state index >= 15 is 0 Å². The molecule has 0 unspecified atom stereocenters. The summed E-state index contributed by atoms with van der Waals surface area (Å²) in [6.45, 7) is 6.70. The van der Waals surface area contributed by atoms with E-state index in [2.05, 4.69) is 5.32 Å². The topological polar surface area (TPSA) is 41.6 Å². The Hall–Kier alpha value is -0.610. The summed E-state index contributed by atoms with van der Waals surface area (Å²) in [5.41, 5.74) is -0.705. The molecule has 0 aromatic carbocycles. The molecule has 17 heavy (non-hydrogen) atoms. The lowest BCUT2D eigenvalue weighted by Gasteiger charge is -2.30. The number of hydrogen-bond acceptors (Lipinski definition) is 3. The summed E-state index contributed by atoms with van der Waals surface area (Å²) in [5, 5.41) is 3.36. The standard InChI is InChI=1S/C13H26N2O2/c1-13(2,17-4)12(16)15(3)10-7-11-5-8-14-9-6-11/h11,14H,5-10H2,1-4H3. The first-order chi connectivity index (χ1) is 7.97. The van der Waals surface area contributed by atoms with Gasteiger partial charge in [-0.05, 0) is 52.1 Å². The third-order valence-electron chi connectivity index (χ3n) is 3.70. The molecule has 0 radical (unpaired) electrons. The van der Waals surface area contributed by atoms with Crippen LogP contribution in [0.25, 0.3) is 0 Å². The van der Waals surface area contributed by atoms with Crippen LogP contribution in [0, 0.1) is 5.92 Å². The number of nitrogens with zero attached hydrogens (tertiary/aromatic N) is 1. The summed E-state index contributed by atoms with van der Waals surface area (Å²) in [7, 11) is 3.45. The van der Waals surface area contributed by atoms with Crippen molar-refractivity contribution in [2.24, 2.45) is 5.92 Å². The maximum Gasteiger partial charge on any atom is 0.253 e. The maximum absolute atomic E-state index is 12.1. The number of hydrogen-bond donors (Lipinski definition) is 1. The Labute approximate surface area is 105 Å². The van der Waals surface area contributed by atoms with Gasteiger partial charge in [-0.25, -0.2) is 0 Å². The number of piperidine rings is 1. The highest BCUT2D eigenvalue weighted by Gasteiger charge is 2.30. The van der Waals surface area contributed by atoms with Crippen molar-refractivity contribution in [3.05, 3.63) is 0 Å². The highest BCUT2D eigenvalue weighted by Crippen LogP contribution is 2.17. The molecular formula is C13H26N2O2.